The number of ether oxygens (including phenoxy) is 1. The first-order valence-corrected chi connectivity index (χ1v) is 7.15. The fraction of sp³-hybridized carbons (Fsp3) is 0.400. The number of rotatable bonds is 9. The number of hydrogen-bond acceptors (Lipinski definition) is 6. The van der Waals surface area contributed by atoms with Gasteiger partial charge in [-0.05, 0) is 31.4 Å². The van der Waals surface area contributed by atoms with Gasteiger partial charge in [0.2, 0.25) is 0 Å². The molecule has 0 aliphatic heterocycles. The third-order valence-electron chi connectivity index (χ3n) is 3.29. The maximum atomic E-state index is 10.0. The van der Waals surface area contributed by atoms with E-state index in [2.05, 4.69) is 15.1 Å². The molecule has 2 rings (SSSR count). The Kier molecular flexibility index (Phi) is 5.76. The highest BCUT2D eigenvalue weighted by Crippen LogP contribution is 2.28. The van der Waals surface area contributed by atoms with Crippen LogP contribution in [0.1, 0.15) is 19.3 Å². The average Bonchev–Trinajstić information content (AvgIpc) is 2.53. The van der Waals surface area contributed by atoms with Crippen LogP contribution in [0.15, 0.2) is 30.5 Å². The number of para-hydroxylation sites is 1. The summed E-state index contributed by atoms with van der Waals surface area (Å²) in [6.07, 6.45) is 4.20. The van der Waals surface area contributed by atoms with Crippen LogP contribution in [-0.2, 0) is 4.84 Å². The van der Waals surface area contributed by atoms with E-state index in [-0.39, 0.29) is 6.61 Å². The molecule has 0 aliphatic carbocycles. The van der Waals surface area contributed by atoms with E-state index in [0.717, 1.165) is 41.7 Å². The average molecular weight is 305 g/mol. The van der Waals surface area contributed by atoms with Gasteiger partial charge in [-0.2, -0.15) is 0 Å². The number of fused-ring (bicyclic) bond motifs is 1. The van der Waals surface area contributed by atoms with E-state index in [9.17, 15) is 10.1 Å². The predicted molar refractivity (Wildman–Crippen MR) is 83.6 cm³/mol. The van der Waals surface area contributed by atoms with Crippen LogP contribution in [0.4, 0.5) is 5.69 Å². The summed E-state index contributed by atoms with van der Waals surface area (Å²) in [5, 5.41) is 13.6. The molecule has 0 spiro atoms. The summed E-state index contributed by atoms with van der Waals surface area (Å²) < 4.78 is 5.31. The Hall–Kier alpha value is -2.57. The summed E-state index contributed by atoms with van der Waals surface area (Å²) in [6.45, 7) is 0.942. The van der Waals surface area contributed by atoms with Crippen LogP contribution < -0.4 is 10.1 Å². The van der Waals surface area contributed by atoms with Gasteiger partial charge in [-0.1, -0.05) is 12.1 Å². The lowest BCUT2D eigenvalue weighted by Gasteiger charge is -2.11. The smallest absolute Gasteiger partial charge is 0.294 e. The quantitative estimate of drug-likeness (QED) is 0.435. The first kappa shape index (κ1) is 15.8. The van der Waals surface area contributed by atoms with Crippen LogP contribution in [-0.4, -0.2) is 30.3 Å². The van der Waals surface area contributed by atoms with E-state index in [0.29, 0.717) is 6.42 Å². The van der Waals surface area contributed by atoms with Crippen molar-refractivity contribution in [2.24, 2.45) is 0 Å². The van der Waals surface area contributed by atoms with Gasteiger partial charge in [0, 0.05) is 23.8 Å². The van der Waals surface area contributed by atoms with Crippen molar-refractivity contribution in [3.63, 3.8) is 0 Å². The van der Waals surface area contributed by atoms with Crippen molar-refractivity contribution in [2.75, 3.05) is 25.6 Å². The molecule has 1 N–H and O–H groups in total. The van der Waals surface area contributed by atoms with E-state index < -0.39 is 5.09 Å². The highest BCUT2D eigenvalue weighted by molar-refractivity contribution is 5.94. The van der Waals surface area contributed by atoms with Gasteiger partial charge in [0.25, 0.3) is 5.09 Å². The molecule has 22 heavy (non-hydrogen) atoms. The van der Waals surface area contributed by atoms with Crippen molar-refractivity contribution < 1.29 is 14.7 Å². The highest BCUT2D eigenvalue weighted by Gasteiger charge is 2.05. The van der Waals surface area contributed by atoms with Gasteiger partial charge in [-0.15, -0.1) is 10.1 Å². The molecule has 0 saturated carbocycles. The first-order valence-electron chi connectivity index (χ1n) is 7.15. The topological polar surface area (TPSA) is 86.5 Å². The number of methoxy groups -OCH3 is 1. The Labute approximate surface area is 128 Å². The maximum Gasteiger partial charge on any atom is 0.294 e. The number of nitrogens with zero attached hydrogens (tertiary/aromatic N) is 2. The van der Waals surface area contributed by atoms with Gasteiger partial charge < -0.3 is 14.9 Å². The molecule has 0 saturated heterocycles. The molecule has 7 heteroatoms. The lowest BCUT2D eigenvalue weighted by molar-refractivity contribution is -0.757. The minimum absolute atomic E-state index is 0.155. The molecule has 118 valence electrons. The second-order valence-electron chi connectivity index (χ2n) is 4.76. The van der Waals surface area contributed by atoms with E-state index in [1.54, 1.807) is 13.3 Å². The van der Waals surface area contributed by atoms with Crippen molar-refractivity contribution in [3.8, 4) is 5.75 Å². The van der Waals surface area contributed by atoms with Crippen LogP contribution in [0.3, 0.4) is 0 Å². The standard InChI is InChI=1S/C15H19N3O4/c1-21-14-7-5-6-12-13(8-10-17-15(12)14)16-9-3-2-4-11-22-18(19)20/h5-8,10H,2-4,9,11H2,1H3,(H,16,17). The zero-order valence-corrected chi connectivity index (χ0v) is 12.4. The molecular formula is C15H19N3O4. The molecule has 0 aliphatic rings. The number of unbranched alkanes of at least 4 members (excludes halogenated alkanes) is 2. The normalized spacial score (nSPS) is 10.4. The lowest BCUT2D eigenvalue weighted by atomic mass is 10.1. The number of pyridine rings is 1. The number of nitrogens with one attached hydrogen (secondary N) is 1. The Morgan fingerprint density at radius 3 is 2.91 bits per heavy atom. The minimum atomic E-state index is -0.755. The molecule has 0 bridgehead atoms. The summed E-state index contributed by atoms with van der Waals surface area (Å²) in [5.41, 5.74) is 1.83. The molecule has 0 atom stereocenters. The Balaban J connectivity index is 1.86. The van der Waals surface area contributed by atoms with Crippen LogP contribution in [0.5, 0.6) is 5.75 Å². The molecule has 7 nitrogen and oxygen atoms in total. The van der Waals surface area contributed by atoms with Crippen molar-refractivity contribution in [3.05, 3.63) is 40.6 Å². The fourth-order valence-electron chi connectivity index (χ4n) is 2.23. The molecule has 0 unspecified atom stereocenters. The second-order valence-corrected chi connectivity index (χ2v) is 4.76. The van der Waals surface area contributed by atoms with Crippen molar-refractivity contribution >= 4 is 16.6 Å². The molecule has 1 heterocycles. The summed E-state index contributed by atoms with van der Waals surface area (Å²) in [6, 6.07) is 7.74. The van der Waals surface area contributed by atoms with E-state index in [4.69, 9.17) is 4.74 Å². The van der Waals surface area contributed by atoms with Crippen molar-refractivity contribution in [1.82, 2.24) is 4.98 Å². The van der Waals surface area contributed by atoms with Crippen LogP contribution in [0.25, 0.3) is 10.9 Å². The third-order valence-corrected chi connectivity index (χ3v) is 3.29. The van der Waals surface area contributed by atoms with Gasteiger partial charge in [-0.25, -0.2) is 0 Å². The zero-order chi connectivity index (χ0) is 15.8. The van der Waals surface area contributed by atoms with Gasteiger partial charge in [0.05, 0.1) is 13.7 Å². The minimum Gasteiger partial charge on any atom is -0.494 e. The molecule has 0 radical (unpaired) electrons. The highest BCUT2D eigenvalue weighted by atomic mass is 16.9. The Morgan fingerprint density at radius 1 is 1.27 bits per heavy atom. The molecule has 2 aromatic rings. The van der Waals surface area contributed by atoms with Gasteiger partial charge >= 0.3 is 0 Å². The number of hydrogen-bond donors (Lipinski definition) is 1. The summed E-state index contributed by atoms with van der Waals surface area (Å²) in [5.74, 6) is 0.748. The third kappa shape index (κ3) is 4.21. The van der Waals surface area contributed by atoms with Crippen LogP contribution >= 0.6 is 0 Å². The predicted octanol–water partition coefficient (Wildman–Crippen LogP) is 3.03. The number of anilines is 1. The molecular weight excluding hydrogens is 286 g/mol. The van der Waals surface area contributed by atoms with Gasteiger partial charge in [0.15, 0.2) is 0 Å². The monoisotopic (exact) mass is 305 g/mol. The summed E-state index contributed by atoms with van der Waals surface area (Å²) in [7, 11) is 1.63. The molecule has 1 aromatic heterocycles. The van der Waals surface area contributed by atoms with E-state index >= 15 is 0 Å². The number of aromatic nitrogens is 1. The van der Waals surface area contributed by atoms with Crippen molar-refractivity contribution in [1.29, 1.82) is 0 Å². The van der Waals surface area contributed by atoms with Crippen LogP contribution in [0.2, 0.25) is 0 Å². The first-order chi connectivity index (χ1) is 10.7. The second kappa shape index (κ2) is 8.02. The summed E-state index contributed by atoms with van der Waals surface area (Å²) >= 11 is 0. The summed E-state index contributed by atoms with van der Waals surface area (Å²) in [4.78, 5) is 18.6. The molecule has 1 aromatic carbocycles. The SMILES string of the molecule is COc1cccc2c(NCCCCCO[N+](=O)[O-])ccnc12. The Morgan fingerprint density at radius 2 is 2.14 bits per heavy atom. The maximum absolute atomic E-state index is 10.0. The fourth-order valence-corrected chi connectivity index (χ4v) is 2.23. The van der Waals surface area contributed by atoms with E-state index in [1.807, 2.05) is 24.3 Å². The van der Waals surface area contributed by atoms with Crippen LogP contribution in [0, 0.1) is 10.1 Å². The molecule has 0 fully saturated rings. The number of benzene rings is 1. The van der Waals surface area contributed by atoms with Gasteiger partial charge in [0.1, 0.15) is 11.3 Å². The van der Waals surface area contributed by atoms with Crippen molar-refractivity contribution in [2.45, 2.75) is 19.3 Å². The molecule has 0 amide bonds. The zero-order valence-electron chi connectivity index (χ0n) is 12.4. The largest absolute Gasteiger partial charge is 0.494 e. The lowest BCUT2D eigenvalue weighted by Crippen LogP contribution is -2.05. The van der Waals surface area contributed by atoms with E-state index in [1.165, 1.54) is 0 Å². The van der Waals surface area contributed by atoms with Gasteiger partial charge in [-0.3, -0.25) is 4.98 Å². The Bertz CT molecular complexity index is 633.